The molecule has 5 nitrogen and oxygen atoms in total. The molecule has 2 rings (SSSR count). The van der Waals surface area contributed by atoms with Gasteiger partial charge in [0.1, 0.15) is 0 Å². The summed E-state index contributed by atoms with van der Waals surface area (Å²) in [6.07, 6.45) is 2.50. The van der Waals surface area contributed by atoms with E-state index in [9.17, 15) is 9.00 Å². The molecular formula is C15H22N2O3S. The summed E-state index contributed by atoms with van der Waals surface area (Å²) in [5, 5.41) is 2.87. The zero-order valence-corrected chi connectivity index (χ0v) is 13.5. The molecule has 0 bridgehead atoms. The Balaban J connectivity index is 1.99. The molecule has 116 valence electrons. The highest BCUT2D eigenvalue weighted by Crippen LogP contribution is 2.22. The van der Waals surface area contributed by atoms with Gasteiger partial charge in [-0.3, -0.25) is 4.21 Å². The van der Waals surface area contributed by atoms with Crippen LogP contribution in [0.15, 0.2) is 29.2 Å². The molecule has 2 atom stereocenters. The van der Waals surface area contributed by atoms with Gasteiger partial charge >= 0.3 is 6.03 Å². The summed E-state index contributed by atoms with van der Waals surface area (Å²) in [4.78, 5) is 14.8. The van der Waals surface area contributed by atoms with Gasteiger partial charge in [-0.25, -0.2) is 4.79 Å². The van der Waals surface area contributed by atoms with Gasteiger partial charge in [0.2, 0.25) is 0 Å². The van der Waals surface area contributed by atoms with Crippen LogP contribution in [-0.2, 0) is 15.5 Å². The van der Waals surface area contributed by atoms with Gasteiger partial charge in [0.15, 0.2) is 0 Å². The highest BCUT2D eigenvalue weighted by molar-refractivity contribution is 7.84. The summed E-state index contributed by atoms with van der Waals surface area (Å²) < 4.78 is 17.1. The van der Waals surface area contributed by atoms with E-state index in [4.69, 9.17) is 4.74 Å². The number of carbonyl (C=O) groups is 1. The third kappa shape index (κ3) is 4.04. The highest BCUT2D eigenvalue weighted by Gasteiger charge is 2.32. The zero-order chi connectivity index (χ0) is 15.5. The number of nitrogens with one attached hydrogen (secondary N) is 1. The van der Waals surface area contributed by atoms with Crippen LogP contribution >= 0.6 is 0 Å². The van der Waals surface area contributed by atoms with Gasteiger partial charge in [0.25, 0.3) is 0 Å². The number of amides is 2. The number of rotatable bonds is 3. The number of ether oxygens (including phenoxy) is 1. The Morgan fingerprint density at radius 2 is 2.10 bits per heavy atom. The average Bonchev–Trinajstić information content (AvgIpc) is 2.48. The lowest BCUT2D eigenvalue weighted by Crippen LogP contribution is -2.53. The molecule has 1 aliphatic rings. The standard InChI is InChI=1S/C15H22N2O3S/c1-4-15(2)11-17(9-10-20-15)14(18)16-12-5-7-13(8-6-12)21(3)19/h5-8H,4,9-11H2,1-3H3,(H,16,18)/t15-,21+/m0/s1. The summed E-state index contributed by atoms with van der Waals surface area (Å²) in [6, 6.07) is 6.95. The minimum atomic E-state index is -1.01. The lowest BCUT2D eigenvalue weighted by molar-refractivity contribution is -0.0860. The first-order valence-electron chi connectivity index (χ1n) is 7.07. The Morgan fingerprint density at radius 3 is 2.67 bits per heavy atom. The molecule has 6 heteroatoms. The number of benzene rings is 1. The number of hydrogen-bond acceptors (Lipinski definition) is 3. The van der Waals surface area contributed by atoms with Gasteiger partial charge in [-0.15, -0.1) is 0 Å². The quantitative estimate of drug-likeness (QED) is 0.933. The molecular weight excluding hydrogens is 288 g/mol. The van der Waals surface area contributed by atoms with Crippen molar-refractivity contribution in [1.82, 2.24) is 4.90 Å². The van der Waals surface area contributed by atoms with E-state index in [0.717, 1.165) is 11.3 Å². The average molecular weight is 310 g/mol. The fraction of sp³-hybridized carbons (Fsp3) is 0.533. The number of nitrogens with zero attached hydrogens (tertiary/aromatic N) is 1. The molecule has 0 spiro atoms. The lowest BCUT2D eigenvalue weighted by atomic mass is 10.0. The molecule has 0 aliphatic carbocycles. The molecule has 1 heterocycles. The first-order valence-corrected chi connectivity index (χ1v) is 8.63. The van der Waals surface area contributed by atoms with Crippen molar-refractivity contribution in [3.05, 3.63) is 24.3 Å². The maximum absolute atomic E-state index is 12.3. The number of hydrogen-bond donors (Lipinski definition) is 1. The second kappa shape index (κ2) is 6.58. The van der Waals surface area contributed by atoms with E-state index in [1.807, 2.05) is 6.92 Å². The van der Waals surface area contributed by atoms with E-state index in [0.29, 0.717) is 25.4 Å². The monoisotopic (exact) mass is 310 g/mol. The van der Waals surface area contributed by atoms with Crippen molar-refractivity contribution in [2.45, 2.75) is 30.8 Å². The molecule has 0 aromatic heterocycles. The van der Waals surface area contributed by atoms with Crippen LogP contribution in [-0.4, -0.2) is 46.7 Å². The number of carbonyl (C=O) groups excluding carboxylic acids is 1. The molecule has 21 heavy (non-hydrogen) atoms. The van der Waals surface area contributed by atoms with Crippen molar-refractivity contribution < 1.29 is 13.7 Å². The van der Waals surface area contributed by atoms with E-state index >= 15 is 0 Å². The fourth-order valence-electron chi connectivity index (χ4n) is 2.25. The molecule has 1 aromatic rings. The predicted octanol–water partition coefficient (Wildman–Crippen LogP) is 2.46. The first kappa shape index (κ1) is 16.0. The highest BCUT2D eigenvalue weighted by atomic mass is 32.2. The van der Waals surface area contributed by atoms with Crippen molar-refractivity contribution in [3.8, 4) is 0 Å². The zero-order valence-electron chi connectivity index (χ0n) is 12.7. The summed E-state index contributed by atoms with van der Waals surface area (Å²) in [6.45, 7) is 5.83. The minimum absolute atomic E-state index is 0.122. The van der Waals surface area contributed by atoms with Crippen molar-refractivity contribution in [1.29, 1.82) is 0 Å². The van der Waals surface area contributed by atoms with E-state index in [-0.39, 0.29) is 11.6 Å². The Hall–Kier alpha value is -1.40. The van der Waals surface area contributed by atoms with E-state index in [2.05, 4.69) is 12.2 Å². The molecule has 1 fully saturated rings. The van der Waals surface area contributed by atoms with Crippen LogP contribution < -0.4 is 5.32 Å². The van der Waals surface area contributed by atoms with Gasteiger partial charge in [0, 0.05) is 34.2 Å². The number of urea groups is 1. The van der Waals surface area contributed by atoms with Crippen molar-refractivity contribution >= 4 is 22.5 Å². The van der Waals surface area contributed by atoms with Crippen molar-refractivity contribution in [2.24, 2.45) is 0 Å². The van der Waals surface area contributed by atoms with Crippen LogP contribution in [0, 0.1) is 0 Å². The summed E-state index contributed by atoms with van der Waals surface area (Å²) >= 11 is 0. The van der Waals surface area contributed by atoms with Crippen LogP contribution in [0.2, 0.25) is 0 Å². The maximum Gasteiger partial charge on any atom is 0.322 e. The maximum atomic E-state index is 12.3. The van der Waals surface area contributed by atoms with Gasteiger partial charge in [-0.05, 0) is 37.6 Å². The molecule has 2 amide bonds. The van der Waals surface area contributed by atoms with Crippen LogP contribution in [0.1, 0.15) is 20.3 Å². The molecule has 0 saturated carbocycles. The Kier molecular flexibility index (Phi) is 5.00. The Morgan fingerprint density at radius 1 is 1.43 bits per heavy atom. The molecule has 1 N–H and O–H groups in total. The van der Waals surface area contributed by atoms with Gasteiger partial charge < -0.3 is 15.0 Å². The number of anilines is 1. The van der Waals surface area contributed by atoms with Crippen LogP contribution in [0.4, 0.5) is 10.5 Å². The smallest absolute Gasteiger partial charge is 0.322 e. The Bertz CT molecular complexity index is 532. The van der Waals surface area contributed by atoms with Gasteiger partial charge in [-0.2, -0.15) is 0 Å². The predicted molar refractivity (Wildman–Crippen MR) is 84.0 cm³/mol. The topological polar surface area (TPSA) is 58.6 Å². The summed E-state index contributed by atoms with van der Waals surface area (Å²) in [5.41, 5.74) is 0.442. The van der Waals surface area contributed by atoms with E-state index < -0.39 is 10.8 Å². The second-order valence-corrected chi connectivity index (χ2v) is 6.86. The van der Waals surface area contributed by atoms with Crippen LogP contribution in [0.25, 0.3) is 0 Å². The molecule has 1 aromatic carbocycles. The normalized spacial score (nSPS) is 23.7. The third-order valence-electron chi connectivity index (χ3n) is 3.81. The SMILES string of the molecule is CC[C@@]1(C)CN(C(=O)Nc2ccc([S@@](C)=O)cc2)CCO1. The first-order chi connectivity index (χ1) is 9.93. The molecule has 0 unspecified atom stereocenters. The fourth-order valence-corrected chi connectivity index (χ4v) is 2.77. The second-order valence-electron chi connectivity index (χ2n) is 5.48. The number of morpholine rings is 1. The van der Waals surface area contributed by atoms with Crippen LogP contribution in [0.5, 0.6) is 0 Å². The van der Waals surface area contributed by atoms with Crippen LogP contribution in [0.3, 0.4) is 0 Å². The summed E-state index contributed by atoms with van der Waals surface area (Å²) in [7, 11) is -1.01. The van der Waals surface area contributed by atoms with Gasteiger partial charge in [0.05, 0.1) is 18.8 Å². The molecule has 0 radical (unpaired) electrons. The van der Waals surface area contributed by atoms with Crippen molar-refractivity contribution in [3.63, 3.8) is 0 Å². The molecule has 1 aliphatic heterocycles. The van der Waals surface area contributed by atoms with E-state index in [1.165, 1.54) is 0 Å². The molecule has 1 saturated heterocycles. The lowest BCUT2D eigenvalue weighted by Gasteiger charge is -2.39. The minimum Gasteiger partial charge on any atom is -0.372 e. The third-order valence-corrected chi connectivity index (χ3v) is 4.75. The summed E-state index contributed by atoms with van der Waals surface area (Å²) in [5.74, 6) is 0. The van der Waals surface area contributed by atoms with Gasteiger partial charge in [-0.1, -0.05) is 6.92 Å². The van der Waals surface area contributed by atoms with Crippen molar-refractivity contribution in [2.75, 3.05) is 31.3 Å². The Labute approximate surface area is 128 Å². The van der Waals surface area contributed by atoms with E-state index in [1.54, 1.807) is 35.4 Å². The largest absolute Gasteiger partial charge is 0.372 e.